The Morgan fingerprint density at radius 1 is 1.10 bits per heavy atom. The topological polar surface area (TPSA) is 129 Å². The van der Waals surface area contributed by atoms with E-state index >= 15 is 0 Å². The summed E-state index contributed by atoms with van der Waals surface area (Å²) in [5.74, 6) is -1.99. The summed E-state index contributed by atoms with van der Waals surface area (Å²) in [5, 5.41) is 19.4. The molecule has 0 bridgehead atoms. The fraction of sp³-hybridized carbons (Fsp3) is 0.524. The number of benzene rings is 1. The number of guanidine groups is 1. The first-order valence-corrected chi connectivity index (χ1v) is 10.0. The van der Waals surface area contributed by atoms with E-state index in [0.29, 0.717) is 32.1 Å². The predicted molar refractivity (Wildman–Crippen MR) is 111 cm³/mol. The van der Waals surface area contributed by atoms with Gasteiger partial charge in [0.2, 0.25) is 12.2 Å². The molecule has 0 radical (unpaired) electrons. The van der Waals surface area contributed by atoms with Gasteiger partial charge >= 0.3 is 18.0 Å². The predicted octanol–water partition coefficient (Wildman–Crippen LogP) is 3.13. The van der Waals surface area contributed by atoms with Crippen LogP contribution >= 0.6 is 0 Å². The molecule has 9 nitrogen and oxygen atoms in total. The summed E-state index contributed by atoms with van der Waals surface area (Å²) >= 11 is 0. The van der Waals surface area contributed by atoms with Crippen LogP contribution in [0, 0.1) is 5.41 Å². The van der Waals surface area contributed by atoms with Gasteiger partial charge in [-0.25, -0.2) is 9.59 Å². The number of carbonyl (C=O) groups is 3. The Labute approximate surface area is 176 Å². The van der Waals surface area contributed by atoms with Crippen LogP contribution in [0.1, 0.15) is 51.5 Å². The highest BCUT2D eigenvalue weighted by Crippen LogP contribution is 2.10. The van der Waals surface area contributed by atoms with Crippen molar-refractivity contribution >= 4 is 24.0 Å². The van der Waals surface area contributed by atoms with Crippen LogP contribution < -0.4 is 5.32 Å². The summed E-state index contributed by atoms with van der Waals surface area (Å²) in [7, 11) is 1.41. The van der Waals surface area contributed by atoms with E-state index in [1.165, 1.54) is 7.05 Å². The molecule has 0 aromatic heterocycles. The van der Waals surface area contributed by atoms with Gasteiger partial charge in [0.1, 0.15) is 6.04 Å². The monoisotopic (exact) mass is 421 g/mol. The molecule has 1 amide bonds. The number of ether oxygens (including phenoxy) is 2. The van der Waals surface area contributed by atoms with E-state index in [1.807, 2.05) is 44.2 Å². The Bertz CT molecular complexity index is 710. The van der Waals surface area contributed by atoms with Crippen molar-refractivity contribution in [3.05, 3.63) is 35.9 Å². The summed E-state index contributed by atoms with van der Waals surface area (Å²) in [6.07, 6.45) is 0.433. The molecule has 0 saturated carbocycles. The number of esters is 1. The number of nitrogens with zero attached hydrogens (tertiary/aromatic N) is 1. The minimum atomic E-state index is -1.09. The number of carboxylic acids is 1. The van der Waals surface area contributed by atoms with Crippen LogP contribution in [0.25, 0.3) is 0 Å². The zero-order valence-electron chi connectivity index (χ0n) is 17.7. The maximum Gasteiger partial charge on any atom is 0.417 e. The van der Waals surface area contributed by atoms with Gasteiger partial charge in [-0.3, -0.25) is 15.5 Å². The summed E-state index contributed by atoms with van der Waals surface area (Å²) < 4.78 is 10.4. The smallest absolute Gasteiger partial charge is 0.417 e. The summed E-state index contributed by atoms with van der Waals surface area (Å²) in [5.41, 5.74) is 0.997. The number of carbonyl (C=O) groups excluding carboxylic acids is 2. The Kier molecular flexibility index (Phi) is 11.0. The second-order valence-electron chi connectivity index (χ2n) is 6.83. The number of likely N-dealkylation sites (N-methyl/N-ethyl adjacent to an activating group) is 1. The molecule has 0 spiro atoms. The fourth-order valence-electron chi connectivity index (χ4n) is 2.72. The van der Waals surface area contributed by atoms with Crippen molar-refractivity contribution in [2.24, 2.45) is 0 Å². The minimum Gasteiger partial charge on any atom is -0.480 e. The second-order valence-corrected chi connectivity index (χ2v) is 6.83. The Balaban J connectivity index is 2.56. The van der Waals surface area contributed by atoms with Gasteiger partial charge in [-0.05, 0) is 24.8 Å². The van der Waals surface area contributed by atoms with Gasteiger partial charge in [0, 0.05) is 19.9 Å². The number of carboxylic acid groups (broad SMARTS) is 1. The van der Waals surface area contributed by atoms with Crippen molar-refractivity contribution in [3.8, 4) is 0 Å². The molecule has 1 aromatic carbocycles. The van der Waals surface area contributed by atoms with Crippen LogP contribution in [-0.2, 0) is 25.5 Å². The highest BCUT2D eigenvalue weighted by Gasteiger charge is 2.26. The quantitative estimate of drug-likeness (QED) is 0.217. The lowest BCUT2D eigenvalue weighted by molar-refractivity contribution is -0.168. The van der Waals surface area contributed by atoms with E-state index in [0.717, 1.165) is 10.5 Å². The molecule has 0 aliphatic carbocycles. The van der Waals surface area contributed by atoms with Gasteiger partial charge < -0.3 is 19.5 Å². The molecular weight excluding hydrogens is 390 g/mol. The molecule has 30 heavy (non-hydrogen) atoms. The third-order valence-corrected chi connectivity index (χ3v) is 4.37. The SMILES string of the molecule is CCCC(OC(=O)CCc1ccccc1)OC(=O)NC(=N)N(C)C(CCC)C(=O)O. The molecule has 0 heterocycles. The van der Waals surface area contributed by atoms with Gasteiger partial charge in [-0.15, -0.1) is 0 Å². The van der Waals surface area contributed by atoms with Gasteiger partial charge in [0.05, 0.1) is 0 Å². The maximum atomic E-state index is 12.1. The van der Waals surface area contributed by atoms with Crippen LogP contribution in [0.5, 0.6) is 0 Å². The van der Waals surface area contributed by atoms with Crippen molar-refractivity contribution in [2.45, 2.75) is 64.7 Å². The number of aryl methyl sites for hydroxylation is 1. The van der Waals surface area contributed by atoms with Crippen molar-refractivity contribution in [1.82, 2.24) is 10.2 Å². The zero-order valence-corrected chi connectivity index (χ0v) is 17.7. The standard InChI is InChI=1S/C21H31N3O6/c1-4-9-16(19(26)27)24(3)20(22)23-21(28)30-18(10-5-2)29-17(25)14-13-15-11-7-6-8-12-15/h6-8,11-12,16,18H,4-5,9-10,13-14H2,1-3H3,(H,26,27)(H2,22,23,28). The zero-order chi connectivity index (χ0) is 22.5. The molecule has 0 saturated heterocycles. The van der Waals surface area contributed by atoms with E-state index in [9.17, 15) is 19.5 Å². The first kappa shape index (κ1) is 24.9. The molecule has 1 aromatic rings. The Morgan fingerprint density at radius 2 is 1.73 bits per heavy atom. The highest BCUT2D eigenvalue weighted by atomic mass is 16.7. The molecule has 0 aliphatic rings. The van der Waals surface area contributed by atoms with E-state index in [4.69, 9.17) is 14.9 Å². The number of hydrogen-bond acceptors (Lipinski definition) is 6. The van der Waals surface area contributed by atoms with Crippen LogP contribution in [0.3, 0.4) is 0 Å². The number of hydrogen-bond donors (Lipinski definition) is 3. The average Bonchev–Trinajstić information content (AvgIpc) is 2.70. The number of rotatable bonds is 11. The summed E-state index contributed by atoms with van der Waals surface area (Å²) in [6.45, 7) is 3.68. The van der Waals surface area contributed by atoms with E-state index in [-0.39, 0.29) is 6.42 Å². The molecule has 9 heteroatoms. The molecule has 0 aliphatic heterocycles. The summed E-state index contributed by atoms with van der Waals surface area (Å²) in [6, 6.07) is 8.54. The number of alkyl carbamates (subject to hydrolysis) is 1. The Hall–Kier alpha value is -3.10. The van der Waals surface area contributed by atoms with Crippen LogP contribution in [0.2, 0.25) is 0 Å². The van der Waals surface area contributed by atoms with Gasteiger partial charge in [0.25, 0.3) is 0 Å². The molecule has 2 unspecified atom stereocenters. The lowest BCUT2D eigenvalue weighted by Crippen LogP contribution is -2.49. The first-order valence-electron chi connectivity index (χ1n) is 10.0. The van der Waals surface area contributed by atoms with Gasteiger partial charge in [-0.1, -0.05) is 50.6 Å². The average molecular weight is 421 g/mol. The third kappa shape index (κ3) is 8.93. The van der Waals surface area contributed by atoms with Crippen molar-refractivity contribution < 1.29 is 29.0 Å². The fourth-order valence-corrected chi connectivity index (χ4v) is 2.72. The van der Waals surface area contributed by atoms with E-state index < -0.39 is 36.3 Å². The molecule has 3 N–H and O–H groups in total. The lowest BCUT2D eigenvalue weighted by atomic mass is 10.1. The molecule has 1 rings (SSSR count). The molecule has 2 atom stereocenters. The van der Waals surface area contributed by atoms with E-state index in [1.54, 1.807) is 0 Å². The van der Waals surface area contributed by atoms with Crippen LogP contribution in [0.4, 0.5) is 4.79 Å². The highest BCUT2D eigenvalue weighted by molar-refractivity contribution is 5.94. The minimum absolute atomic E-state index is 0.144. The van der Waals surface area contributed by atoms with E-state index in [2.05, 4.69) is 5.32 Å². The summed E-state index contributed by atoms with van der Waals surface area (Å²) in [4.78, 5) is 36.7. The lowest BCUT2D eigenvalue weighted by Gasteiger charge is -2.27. The second kappa shape index (κ2) is 13.2. The van der Waals surface area contributed by atoms with Crippen molar-refractivity contribution in [2.75, 3.05) is 7.05 Å². The van der Waals surface area contributed by atoms with Crippen molar-refractivity contribution in [1.29, 1.82) is 5.41 Å². The first-order chi connectivity index (χ1) is 14.3. The van der Waals surface area contributed by atoms with Gasteiger partial charge in [-0.2, -0.15) is 0 Å². The molecular formula is C21H31N3O6. The number of aliphatic carboxylic acids is 1. The maximum absolute atomic E-state index is 12.1. The molecule has 0 fully saturated rings. The normalized spacial score (nSPS) is 12.4. The third-order valence-electron chi connectivity index (χ3n) is 4.37. The van der Waals surface area contributed by atoms with Gasteiger partial charge in [0.15, 0.2) is 0 Å². The Morgan fingerprint density at radius 3 is 2.30 bits per heavy atom. The van der Waals surface area contributed by atoms with Crippen molar-refractivity contribution in [3.63, 3.8) is 0 Å². The number of nitrogens with one attached hydrogen (secondary N) is 2. The van der Waals surface area contributed by atoms with Crippen LogP contribution in [-0.4, -0.2) is 53.4 Å². The largest absolute Gasteiger partial charge is 0.480 e. The molecule has 166 valence electrons. The number of amides is 1. The van der Waals surface area contributed by atoms with Crippen LogP contribution in [0.15, 0.2) is 30.3 Å².